The zero-order valence-electron chi connectivity index (χ0n) is 10.2. The molecule has 0 saturated heterocycles. The first-order valence-corrected chi connectivity index (χ1v) is 6.48. The Morgan fingerprint density at radius 1 is 1.33 bits per heavy atom. The third kappa shape index (κ3) is 2.76. The Bertz CT molecular complexity index is 558. The van der Waals surface area contributed by atoms with Gasteiger partial charge in [0.1, 0.15) is 6.26 Å². The minimum atomic E-state index is -0.970. The summed E-state index contributed by atoms with van der Waals surface area (Å²) < 4.78 is 5.25. The monoisotopic (exact) mass is 262 g/mol. The Balaban J connectivity index is 2.25. The molecule has 94 valence electrons. The largest absolute Gasteiger partial charge is 0.478 e. The summed E-state index contributed by atoms with van der Waals surface area (Å²) >= 11 is 1.45. The zero-order chi connectivity index (χ0) is 13.1. The molecule has 0 aliphatic rings. The highest BCUT2D eigenvalue weighted by Crippen LogP contribution is 2.34. The number of hydrogen-bond donors (Lipinski definition) is 1. The normalized spacial score (nSPS) is 10.8. The first-order chi connectivity index (χ1) is 8.58. The van der Waals surface area contributed by atoms with Crippen molar-refractivity contribution in [1.29, 1.82) is 0 Å². The predicted octanol–water partition coefficient (Wildman–Crippen LogP) is 4.25. The number of carboxylic acids is 1. The third-order valence-corrected chi connectivity index (χ3v) is 3.58. The Labute approximate surface area is 110 Å². The van der Waals surface area contributed by atoms with Crippen LogP contribution in [0.25, 0.3) is 0 Å². The van der Waals surface area contributed by atoms with Crippen LogP contribution in [-0.2, 0) is 0 Å². The second-order valence-electron chi connectivity index (χ2n) is 4.25. The van der Waals surface area contributed by atoms with Crippen molar-refractivity contribution in [2.45, 2.75) is 29.8 Å². The maximum Gasteiger partial charge on any atom is 0.339 e. The second-order valence-corrected chi connectivity index (χ2v) is 5.30. The highest BCUT2D eigenvalue weighted by molar-refractivity contribution is 7.99. The van der Waals surface area contributed by atoms with Crippen molar-refractivity contribution in [2.24, 2.45) is 0 Å². The Hall–Kier alpha value is -1.68. The predicted molar refractivity (Wildman–Crippen MR) is 70.3 cm³/mol. The van der Waals surface area contributed by atoms with Gasteiger partial charge in [-0.05, 0) is 17.5 Å². The molecular formula is C14H14O3S. The number of benzene rings is 1. The van der Waals surface area contributed by atoms with Gasteiger partial charge in [-0.15, -0.1) is 0 Å². The van der Waals surface area contributed by atoms with Crippen molar-refractivity contribution in [3.8, 4) is 0 Å². The van der Waals surface area contributed by atoms with Crippen LogP contribution >= 0.6 is 11.8 Å². The van der Waals surface area contributed by atoms with Gasteiger partial charge in [-0.25, -0.2) is 4.79 Å². The van der Waals surface area contributed by atoms with E-state index >= 15 is 0 Å². The summed E-state index contributed by atoms with van der Waals surface area (Å²) in [6.07, 6.45) is 1.27. The maximum absolute atomic E-state index is 10.8. The van der Waals surface area contributed by atoms with Crippen molar-refractivity contribution in [3.63, 3.8) is 0 Å². The number of hydrogen-bond acceptors (Lipinski definition) is 3. The molecule has 0 bridgehead atoms. The molecule has 0 fully saturated rings. The van der Waals surface area contributed by atoms with E-state index in [9.17, 15) is 4.79 Å². The van der Waals surface area contributed by atoms with E-state index in [2.05, 4.69) is 19.9 Å². The van der Waals surface area contributed by atoms with Gasteiger partial charge in [0.15, 0.2) is 5.09 Å². The third-order valence-electron chi connectivity index (χ3n) is 2.57. The molecule has 0 unspecified atom stereocenters. The van der Waals surface area contributed by atoms with E-state index in [1.165, 1.54) is 23.6 Å². The van der Waals surface area contributed by atoms with E-state index in [-0.39, 0.29) is 5.56 Å². The lowest BCUT2D eigenvalue weighted by molar-refractivity contribution is 0.0696. The van der Waals surface area contributed by atoms with Crippen LogP contribution < -0.4 is 0 Å². The van der Waals surface area contributed by atoms with Crippen molar-refractivity contribution in [3.05, 3.63) is 47.7 Å². The lowest BCUT2D eigenvalue weighted by atomic mass is 10.0. The molecule has 2 rings (SSSR count). The van der Waals surface area contributed by atoms with Gasteiger partial charge < -0.3 is 9.52 Å². The molecule has 0 atom stereocenters. The Morgan fingerprint density at radius 3 is 2.67 bits per heavy atom. The van der Waals surface area contributed by atoms with Gasteiger partial charge in [-0.1, -0.05) is 43.8 Å². The van der Waals surface area contributed by atoms with E-state index in [0.29, 0.717) is 11.0 Å². The van der Waals surface area contributed by atoms with E-state index < -0.39 is 5.97 Å². The van der Waals surface area contributed by atoms with Gasteiger partial charge >= 0.3 is 5.97 Å². The summed E-state index contributed by atoms with van der Waals surface area (Å²) in [7, 11) is 0. The van der Waals surface area contributed by atoms with Gasteiger partial charge in [0, 0.05) is 11.0 Å². The summed E-state index contributed by atoms with van der Waals surface area (Å²) in [5.41, 5.74) is 1.41. The molecule has 3 nitrogen and oxygen atoms in total. The SMILES string of the molecule is CC(C)c1ccccc1Sc1cc(C(=O)O)co1. The maximum atomic E-state index is 10.8. The minimum absolute atomic E-state index is 0.180. The molecular weight excluding hydrogens is 248 g/mol. The van der Waals surface area contributed by atoms with Crippen LogP contribution in [0.4, 0.5) is 0 Å². The fraction of sp³-hybridized carbons (Fsp3) is 0.214. The van der Waals surface area contributed by atoms with Crippen molar-refractivity contribution >= 4 is 17.7 Å². The van der Waals surface area contributed by atoms with Gasteiger partial charge in [0.25, 0.3) is 0 Å². The Morgan fingerprint density at radius 2 is 2.06 bits per heavy atom. The molecule has 0 spiro atoms. The summed E-state index contributed by atoms with van der Waals surface area (Å²) in [6, 6.07) is 9.61. The molecule has 0 amide bonds. The van der Waals surface area contributed by atoms with Crippen LogP contribution in [0.5, 0.6) is 0 Å². The topological polar surface area (TPSA) is 50.4 Å². The van der Waals surface area contributed by atoms with E-state index in [1.807, 2.05) is 18.2 Å². The highest BCUT2D eigenvalue weighted by atomic mass is 32.2. The van der Waals surface area contributed by atoms with E-state index in [4.69, 9.17) is 9.52 Å². The molecule has 18 heavy (non-hydrogen) atoms. The van der Waals surface area contributed by atoms with Crippen LogP contribution in [0, 0.1) is 0 Å². The lowest BCUT2D eigenvalue weighted by Gasteiger charge is -2.10. The van der Waals surface area contributed by atoms with Gasteiger partial charge in [0.05, 0.1) is 5.56 Å². The standard InChI is InChI=1S/C14H14O3S/c1-9(2)11-5-3-4-6-12(11)18-13-7-10(8-17-13)14(15)16/h3-9H,1-2H3,(H,15,16). The van der Waals surface area contributed by atoms with Gasteiger partial charge in [-0.2, -0.15) is 0 Å². The summed E-state index contributed by atoms with van der Waals surface area (Å²) in [5, 5.41) is 9.44. The lowest BCUT2D eigenvalue weighted by Crippen LogP contribution is -1.91. The smallest absolute Gasteiger partial charge is 0.339 e. The molecule has 1 heterocycles. The second kappa shape index (κ2) is 5.31. The minimum Gasteiger partial charge on any atom is -0.478 e. The molecule has 2 aromatic rings. The highest BCUT2D eigenvalue weighted by Gasteiger charge is 2.12. The molecule has 4 heteroatoms. The fourth-order valence-corrected chi connectivity index (χ4v) is 2.71. The van der Waals surface area contributed by atoms with Crippen LogP contribution in [0.15, 0.2) is 51.0 Å². The Kier molecular flexibility index (Phi) is 3.77. The number of carbonyl (C=O) groups is 1. The number of aromatic carboxylic acids is 1. The molecule has 0 aliphatic carbocycles. The molecule has 1 aromatic carbocycles. The van der Waals surface area contributed by atoms with Crippen LogP contribution in [-0.4, -0.2) is 11.1 Å². The first kappa shape index (κ1) is 12.8. The van der Waals surface area contributed by atoms with Crippen molar-refractivity contribution < 1.29 is 14.3 Å². The van der Waals surface area contributed by atoms with Crippen LogP contribution in [0.1, 0.15) is 35.7 Å². The van der Waals surface area contributed by atoms with E-state index in [0.717, 1.165) is 4.90 Å². The zero-order valence-corrected chi connectivity index (χ0v) is 11.0. The average molecular weight is 262 g/mol. The van der Waals surface area contributed by atoms with E-state index in [1.54, 1.807) is 6.07 Å². The van der Waals surface area contributed by atoms with Crippen molar-refractivity contribution in [2.75, 3.05) is 0 Å². The molecule has 1 aromatic heterocycles. The van der Waals surface area contributed by atoms with Gasteiger partial charge in [-0.3, -0.25) is 0 Å². The molecule has 0 radical (unpaired) electrons. The number of rotatable bonds is 4. The summed E-state index contributed by atoms with van der Waals surface area (Å²) in [6.45, 7) is 4.26. The number of carboxylic acid groups (broad SMARTS) is 1. The fourth-order valence-electron chi connectivity index (χ4n) is 1.64. The molecule has 0 saturated carbocycles. The molecule has 1 N–H and O–H groups in total. The van der Waals surface area contributed by atoms with Crippen LogP contribution in [0.2, 0.25) is 0 Å². The summed E-state index contributed by atoms with van der Waals surface area (Å²) in [5.74, 6) is -0.551. The summed E-state index contributed by atoms with van der Waals surface area (Å²) in [4.78, 5) is 11.9. The average Bonchev–Trinajstić information content (AvgIpc) is 2.78. The first-order valence-electron chi connectivity index (χ1n) is 5.66. The quantitative estimate of drug-likeness (QED) is 0.894. The molecule has 0 aliphatic heterocycles. The number of furan rings is 1. The van der Waals surface area contributed by atoms with Crippen LogP contribution in [0.3, 0.4) is 0 Å². The van der Waals surface area contributed by atoms with Crippen molar-refractivity contribution in [1.82, 2.24) is 0 Å². The van der Waals surface area contributed by atoms with Gasteiger partial charge in [0.2, 0.25) is 0 Å².